The van der Waals surface area contributed by atoms with E-state index in [9.17, 15) is 18.0 Å². The summed E-state index contributed by atoms with van der Waals surface area (Å²) in [5.74, 6) is -0.526. The number of aromatic nitrogens is 4. The van der Waals surface area contributed by atoms with Crippen LogP contribution in [0.15, 0.2) is 55.4 Å². The maximum Gasteiger partial charge on any atom is 0.412 e. The minimum Gasteiger partial charge on any atom is -0.357 e. The molecule has 0 saturated heterocycles. The zero-order chi connectivity index (χ0) is 18.0. The number of hydrogen-bond acceptors (Lipinski definition) is 3. The Morgan fingerprint density at radius 2 is 2.04 bits per heavy atom. The predicted octanol–water partition coefficient (Wildman–Crippen LogP) is 2.64. The first-order valence-corrected chi connectivity index (χ1v) is 7.29. The van der Waals surface area contributed by atoms with Crippen LogP contribution in [-0.4, -0.2) is 31.2 Å². The minimum atomic E-state index is -4.63. The van der Waals surface area contributed by atoms with E-state index in [1.165, 1.54) is 41.6 Å². The van der Waals surface area contributed by atoms with Crippen LogP contribution in [0.3, 0.4) is 0 Å². The van der Waals surface area contributed by atoms with Crippen LogP contribution in [0.4, 0.5) is 13.2 Å². The Morgan fingerprint density at radius 1 is 1.24 bits per heavy atom. The molecule has 1 N–H and O–H groups in total. The van der Waals surface area contributed by atoms with E-state index in [4.69, 9.17) is 0 Å². The molecule has 0 radical (unpaired) electrons. The van der Waals surface area contributed by atoms with Gasteiger partial charge >= 0.3 is 6.18 Å². The highest BCUT2D eigenvalue weighted by Gasteiger charge is 2.42. The summed E-state index contributed by atoms with van der Waals surface area (Å²) in [7, 11) is 1.61. The molecule has 25 heavy (non-hydrogen) atoms. The van der Waals surface area contributed by atoms with E-state index in [-0.39, 0.29) is 11.3 Å². The smallest absolute Gasteiger partial charge is 0.357 e. The molecule has 3 heterocycles. The minimum absolute atomic E-state index is 0.0471. The van der Waals surface area contributed by atoms with Crippen LogP contribution in [0.5, 0.6) is 0 Å². The molecule has 0 aliphatic rings. The van der Waals surface area contributed by atoms with Gasteiger partial charge in [-0.15, -0.1) is 0 Å². The number of carbonyl (C=O) groups excluding carboxylic acids is 1. The number of halogens is 3. The Hall–Kier alpha value is -3.10. The lowest BCUT2D eigenvalue weighted by molar-refractivity contribution is -0.155. The topological polar surface area (TPSA) is 64.7 Å². The average molecular weight is 349 g/mol. The molecule has 0 bridgehead atoms. The van der Waals surface area contributed by atoms with E-state index in [2.05, 4.69) is 9.97 Å². The van der Waals surface area contributed by atoms with E-state index >= 15 is 0 Å². The van der Waals surface area contributed by atoms with Gasteiger partial charge in [0.05, 0.1) is 0 Å². The fraction of sp³-hybridized carbons (Fsp3) is 0.188. The predicted molar refractivity (Wildman–Crippen MR) is 83.0 cm³/mol. The number of carbonyl (C=O) groups is 1. The third kappa shape index (κ3) is 3.70. The number of imidazole rings is 1. The normalized spacial score (nSPS) is 12.8. The second-order valence-electron chi connectivity index (χ2n) is 5.41. The van der Waals surface area contributed by atoms with Crippen molar-refractivity contribution in [1.82, 2.24) is 24.4 Å². The first-order valence-electron chi connectivity index (χ1n) is 7.29. The Balaban J connectivity index is 1.86. The lowest BCUT2D eigenvalue weighted by atomic mass is 10.1. The molecule has 9 heteroatoms. The zero-order valence-corrected chi connectivity index (χ0v) is 13.1. The molecule has 0 spiro atoms. The second kappa shape index (κ2) is 6.42. The highest BCUT2D eigenvalue weighted by atomic mass is 19.4. The van der Waals surface area contributed by atoms with Gasteiger partial charge in [0.1, 0.15) is 17.8 Å². The van der Waals surface area contributed by atoms with Crippen LogP contribution < -0.4 is 5.32 Å². The summed E-state index contributed by atoms with van der Waals surface area (Å²) in [5.41, 5.74) is -0.162. The zero-order valence-electron chi connectivity index (χ0n) is 13.1. The van der Waals surface area contributed by atoms with Crippen LogP contribution in [-0.2, 0) is 7.05 Å². The van der Waals surface area contributed by atoms with Gasteiger partial charge in [-0.3, -0.25) is 9.36 Å². The average Bonchev–Trinajstić information content (AvgIpc) is 3.23. The number of aryl methyl sites for hydroxylation is 1. The second-order valence-corrected chi connectivity index (χ2v) is 5.41. The fourth-order valence-corrected chi connectivity index (χ4v) is 2.34. The molecule has 130 valence electrons. The lowest BCUT2D eigenvalue weighted by Crippen LogP contribution is -2.38. The van der Waals surface area contributed by atoms with Crippen LogP contribution in [0.1, 0.15) is 22.1 Å². The quantitative estimate of drug-likeness (QED) is 0.788. The van der Waals surface area contributed by atoms with Gasteiger partial charge in [-0.1, -0.05) is 6.07 Å². The van der Waals surface area contributed by atoms with Crippen molar-refractivity contribution in [3.05, 3.63) is 66.6 Å². The van der Waals surface area contributed by atoms with Crippen molar-refractivity contribution in [3.63, 3.8) is 0 Å². The van der Waals surface area contributed by atoms with Crippen LogP contribution in [0, 0.1) is 0 Å². The van der Waals surface area contributed by atoms with Crippen molar-refractivity contribution in [3.8, 4) is 5.82 Å². The number of hydrogen-bond donors (Lipinski definition) is 1. The molecular formula is C16H14F3N5O. The van der Waals surface area contributed by atoms with Crippen molar-refractivity contribution in [2.75, 3.05) is 0 Å². The number of nitrogens with one attached hydrogen (secondary N) is 1. The third-order valence-electron chi connectivity index (χ3n) is 3.53. The summed E-state index contributed by atoms with van der Waals surface area (Å²) in [6.45, 7) is 0. The first kappa shape index (κ1) is 16.7. The largest absolute Gasteiger partial charge is 0.412 e. The van der Waals surface area contributed by atoms with E-state index in [1.807, 2.05) is 5.32 Å². The summed E-state index contributed by atoms with van der Waals surface area (Å²) in [4.78, 5) is 20.3. The number of rotatable bonds is 4. The van der Waals surface area contributed by atoms with Crippen LogP contribution in [0.2, 0.25) is 0 Å². The molecule has 1 atom stereocenters. The summed E-state index contributed by atoms with van der Waals surface area (Å²) in [5, 5.41) is 2.01. The van der Waals surface area contributed by atoms with Gasteiger partial charge < -0.3 is 9.88 Å². The maximum absolute atomic E-state index is 13.3. The van der Waals surface area contributed by atoms with Gasteiger partial charge in [-0.25, -0.2) is 9.97 Å². The summed E-state index contributed by atoms with van der Waals surface area (Å²) < 4.78 is 43.0. The molecule has 0 fully saturated rings. The number of amides is 1. The fourth-order valence-electron chi connectivity index (χ4n) is 2.34. The summed E-state index contributed by atoms with van der Waals surface area (Å²) >= 11 is 0. The van der Waals surface area contributed by atoms with Gasteiger partial charge in [-0.2, -0.15) is 13.2 Å². The molecule has 0 aliphatic carbocycles. The molecule has 1 amide bonds. The van der Waals surface area contributed by atoms with Crippen LogP contribution in [0.25, 0.3) is 5.82 Å². The Morgan fingerprint density at radius 3 is 2.64 bits per heavy atom. The Kier molecular flexibility index (Phi) is 4.30. The molecule has 3 aromatic heterocycles. The lowest BCUT2D eigenvalue weighted by Gasteiger charge is -2.20. The molecular weight excluding hydrogens is 335 g/mol. The SMILES string of the molecule is Cn1ccc([C@@H](NC(=O)c2cccc(-n3ccnc3)n2)C(F)(F)F)c1. The van der Waals surface area contributed by atoms with Crippen molar-refractivity contribution >= 4 is 5.91 Å². The van der Waals surface area contributed by atoms with Gasteiger partial charge in [0.15, 0.2) is 6.04 Å². The highest BCUT2D eigenvalue weighted by Crippen LogP contribution is 2.33. The molecule has 3 rings (SSSR count). The standard InChI is InChI=1S/C16H14F3N5O/c1-23-7-5-11(9-23)14(16(17,18)19)22-15(25)12-3-2-4-13(21-12)24-8-6-20-10-24/h2-10,14H,1H3,(H,22,25)/t14-/m1/s1. The first-order chi connectivity index (χ1) is 11.8. The van der Waals surface area contributed by atoms with Gasteiger partial charge in [-0.05, 0) is 18.2 Å². The van der Waals surface area contributed by atoms with Crippen molar-refractivity contribution in [1.29, 1.82) is 0 Å². The third-order valence-corrected chi connectivity index (χ3v) is 3.53. The van der Waals surface area contributed by atoms with E-state index in [0.29, 0.717) is 5.82 Å². The van der Waals surface area contributed by atoms with Crippen molar-refractivity contribution < 1.29 is 18.0 Å². The molecule has 6 nitrogen and oxygen atoms in total. The van der Waals surface area contributed by atoms with Crippen molar-refractivity contribution in [2.24, 2.45) is 7.05 Å². The molecule has 3 aromatic rings. The van der Waals surface area contributed by atoms with Crippen molar-refractivity contribution in [2.45, 2.75) is 12.2 Å². The van der Waals surface area contributed by atoms with E-state index in [1.54, 1.807) is 29.9 Å². The van der Waals surface area contributed by atoms with Gasteiger partial charge in [0.2, 0.25) is 0 Å². The number of alkyl halides is 3. The van der Waals surface area contributed by atoms with Gasteiger partial charge in [0, 0.05) is 37.4 Å². The van der Waals surface area contributed by atoms with Gasteiger partial charge in [0.25, 0.3) is 5.91 Å². The van der Waals surface area contributed by atoms with Crippen LogP contribution >= 0.6 is 0 Å². The number of pyridine rings is 1. The maximum atomic E-state index is 13.3. The summed E-state index contributed by atoms with van der Waals surface area (Å²) in [6.07, 6.45) is 2.80. The monoisotopic (exact) mass is 349 g/mol. The van der Waals surface area contributed by atoms with E-state index < -0.39 is 18.1 Å². The molecule has 0 unspecified atom stereocenters. The molecule has 0 saturated carbocycles. The Bertz CT molecular complexity index is 870. The highest BCUT2D eigenvalue weighted by molar-refractivity contribution is 5.92. The molecule has 0 aromatic carbocycles. The van der Waals surface area contributed by atoms with E-state index in [0.717, 1.165) is 0 Å². The molecule has 0 aliphatic heterocycles. The number of nitrogens with zero attached hydrogens (tertiary/aromatic N) is 4. The summed E-state index contributed by atoms with van der Waals surface area (Å²) in [6, 6.07) is 3.72. The Labute approximate surface area is 140 Å².